The van der Waals surface area contributed by atoms with Gasteiger partial charge in [-0.15, -0.1) is 0 Å². The number of carbonyl (C=O) groups excluding carboxylic acids is 1. The molecule has 0 unspecified atom stereocenters. The summed E-state index contributed by atoms with van der Waals surface area (Å²) in [6, 6.07) is 7.36. The Balaban J connectivity index is 1.82. The molecule has 1 saturated heterocycles. The molecule has 0 radical (unpaired) electrons. The van der Waals surface area contributed by atoms with Crippen molar-refractivity contribution in [3.8, 4) is 16.9 Å². The minimum atomic E-state index is 0.0219. The van der Waals surface area contributed by atoms with Gasteiger partial charge in [0.05, 0.1) is 0 Å². The van der Waals surface area contributed by atoms with Crippen LogP contribution in [0.5, 0.6) is 5.75 Å². The highest BCUT2D eigenvalue weighted by atomic mass is 16.3. The Labute approximate surface area is 152 Å². The van der Waals surface area contributed by atoms with Crippen LogP contribution in [0, 0.1) is 19.8 Å². The van der Waals surface area contributed by atoms with Gasteiger partial charge in [-0.2, -0.15) is 0 Å². The highest BCUT2D eigenvalue weighted by Gasteiger charge is 2.35. The lowest BCUT2D eigenvalue weighted by molar-refractivity contribution is -0.131. The van der Waals surface area contributed by atoms with Crippen molar-refractivity contribution in [2.75, 3.05) is 13.1 Å². The molecule has 1 amide bonds. The highest BCUT2D eigenvalue weighted by molar-refractivity contribution is 5.73. The lowest BCUT2D eigenvalue weighted by atomic mass is 9.82. The van der Waals surface area contributed by atoms with Crippen LogP contribution >= 0.6 is 0 Å². The largest absolute Gasteiger partial charge is 0.508 e. The van der Waals surface area contributed by atoms with Crippen molar-refractivity contribution in [1.29, 1.82) is 0 Å². The molecular formula is C21H24N2O3. The van der Waals surface area contributed by atoms with Crippen molar-refractivity contribution in [2.24, 2.45) is 5.92 Å². The summed E-state index contributed by atoms with van der Waals surface area (Å²) < 4.78 is 1.89. The number of aromatic nitrogens is 1. The number of carbonyl (C=O) groups is 1. The van der Waals surface area contributed by atoms with Gasteiger partial charge in [0.2, 0.25) is 5.91 Å². The van der Waals surface area contributed by atoms with Gasteiger partial charge in [-0.25, -0.2) is 0 Å². The molecule has 1 N–H and O–H groups in total. The van der Waals surface area contributed by atoms with E-state index in [0.717, 1.165) is 40.9 Å². The van der Waals surface area contributed by atoms with Crippen LogP contribution in [0.2, 0.25) is 0 Å². The molecule has 1 aromatic carbocycles. The predicted molar refractivity (Wildman–Crippen MR) is 100 cm³/mol. The first-order valence-electron chi connectivity index (χ1n) is 9.15. The van der Waals surface area contributed by atoms with Gasteiger partial charge in [0.15, 0.2) is 0 Å². The summed E-state index contributed by atoms with van der Waals surface area (Å²) in [6.45, 7) is 7.58. The highest BCUT2D eigenvalue weighted by Crippen LogP contribution is 2.37. The number of fused-ring (bicyclic) bond motifs is 4. The molecule has 26 heavy (non-hydrogen) atoms. The molecule has 5 heteroatoms. The monoisotopic (exact) mass is 352 g/mol. The minimum Gasteiger partial charge on any atom is -0.508 e. The molecule has 0 spiro atoms. The van der Waals surface area contributed by atoms with Crippen LogP contribution in [0.1, 0.15) is 36.1 Å². The summed E-state index contributed by atoms with van der Waals surface area (Å²) in [5.41, 5.74) is 4.73. The Kier molecular flexibility index (Phi) is 3.90. The van der Waals surface area contributed by atoms with Crippen LogP contribution < -0.4 is 5.56 Å². The molecule has 0 saturated carbocycles. The predicted octanol–water partition coefficient (Wildman–Crippen LogP) is 2.80. The third kappa shape index (κ3) is 2.62. The summed E-state index contributed by atoms with van der Waals surface area (Å²) in [4.78, 5) is 26.6. The van der Waals surface area contributed by atoms with Crippen molar-refractivity contribution in [2.45, 2.75) is 39.7 Å². The second-order valence-electron chi connectivity index (χ2n) is 7.72. The average Bonchev–Trinajstić information content (AvgIpc) is 2.60. The molecule has 2 aliphatic rings. The van der Waals surface area contributed by atoms with E-state index in [1.165, 1.54) is 0 Å². The molecular weight excluding hydrogens is 328 g/mol. The second-order valence-corrected chi connectivity index (χ2v) is 7.72. The Morgan fingerprint density at radius 2 is 1.88 bits per heavy atom. The first kappa shape index (κ1) is 16.9. The number of amides is 1. The van der Waals surface area contributed by atoms with Crippen molar-refractivity contribution in [1.82, 2.24) is 9.47 Å². The number of piperidine rings is 1. The topological polar surface area (TPSA) is 62.5 Å². The zero-order valence-corrected chi connectivity index (χ0v) is 15.5. The summed E-state index contributed by atoms with van der Waals surface area (Å²) in [5.74, 6) is 0.939. The number of likely N-dealkylation sites (tertiary alicyclic amines) is 1. The van der Waals surface area contributed by atoms with Gasteiger partial charge in [-0.3, -0.25) is 9.59 Å². The first-order valence-corrected chi connectivity index (χ1v) is 9.15. The number of phenolic OH excluding ortho intramolecular Hbond substituents is 1. The molecule has 4 rings (SSSR count). The minimum absolute atomic E-state index is 0.0219. The van der Waals surface area contributed by atoms with E-state index < -0.39 is 0 Å². The van der Waals surface area contributed by atoms with E-state index in [1.54, 1.807) is 19.1 Å². The fraction of sp³-hybridized carbons (Fsp3) is 0.429. The van der Waals surface area contributed by atoms with Gasteiger partial charge in [-0.1, -0.05) is 6.07 Å². The number of hydrogen-bond donors (Lipinski definition) is 1. The molecule has 2 bridgehead atoms. The van der Waals surface area contributed by atoms with Crippen LogP contribution in [0.3, 0.4) is 0 Å². The standard InChI is InChI=1S/C21H24N2O3/c1-12-13(2)20(25)5-4-18(12)16-7-19-17-6-15(9-22(11-17)14(3)24)10-23(19)21(26)8-16/h4-5,7-8,15,17,25H,6,9-11H2,1-3H3/t15-,17+/m0/s1. The van der Waals surface area contributed by atoms with Gasteiger partial charge < -0.3 is 14.6 Å². The fourth-order valence-electron chi connectivity index (χ4n) is 4.49. The molecule has 2 atom stereocenters. The van der Waals surface area contributed by atoms with Gasteiger partial charge in [-0.05, 0) is 60.6 Å². The van der Waals surface area contributed by atoms with E-state index in [2.05, 4.69) is 6.07 Å². The van der Waals surface area contributed by atoms with Gasteiger partial charge in [0, 0.05) is 44.2 Å². The molecule has 3 heterocycles. The summed E-state index contributed by atoms with van der Waals surface area (Å²) in [5, 5.41) is 9.91. The summed E-state index contributed by atoms with van der Waals surface area (Å²) in [7, 11) is 0. The van der Waals surface area contributed by atoms with Gasteiger partial charge in [0.25, 0.3) is 5.56 Å². The number of phenols is 1. The number of nitrogens with zero attached hydrogens (tertiary/aromatic N) is 2. The third-order valence-corrected chi connectivity index (χ3v) is 6.07. The van der Waals surface area contributed by atoms with Crippen molar-refractivity contribution in [3.05, 3.63) is 51.4 Å². The van der Waals surface area contributed by atoms with E-state index in [1.807, 2.05) is 29.4 Å². The van der Waals surface area contributed by atoms with Crippen LogP contribution in [-0.2, 0) is 11.3 Å². The lowest BCUT2D eigenvalue weighted by Gasteiger charge is -2.42. The zero-order chi connectivity index (χ0) is 18.6. The first-order chi connectivity index (χ1) is 12.3. The fourth-order valence-corrected chi connectivity index (χ4v) is 4.49. The van der Waals surface area contributed by atoms with E-state index in [-0.39, 0.29) is 23.1 Å². The maximum atomic E-state index is 12.8. The van der Waals surface area contributed by atoms with Crippen LogP contribution in [0.25, 0.3) is 11.1 Å². The van der Waals surface area contributed by atoms with E-state index in [4.69, 9.17) is 0 Å². The molecule has 1 fully saturated rings. The molecule has 1 aromatic heterocycles. The average molecular weight is 352 g/mol. The number of pyridine rings is 1. The Bertz CT molecular complexity index is 960. The zero-order valence-electron chi connectivity index (χ0n) is 15.5. The van der Waals surface area contributed by atoms with Crippen molar-refractivity contribution in [3.63, 3.8) is 0 Å². The molecule has 5 nitrogen and oxygen atoms in total. The van der Waals surface area contributed by atoms with E-state index >= 15 is 0 Å². The molecule has 0 aliphatic carbocycles. The molecule has 2 aliphatic heterocycles. The maximum absolute atomic E-state index is 12.8. The number of aromatic hydroxyl groups is 1. The van der Waals surface area contributed by atoms with Gasteiger partial charge >= 0.3 is 0 Å². The Hall–Kier alpha value is -2.56. The number of benzene rings is 1. The van der Waals surface area contributed by atoms with E-state index in [0.29, 0.717) is 19.0 Å². The van der Waals surface area contributed by atoms with Crippen molar-refractivity contribution < 1.29 is 9.90 Å². The second kappa shape index (κ2) is 6.01. The Morgan fingerprint density at radius 1 is 1.12 bits per heavy atom. The molecule has 2 aromatic rings. The Morgan fingerprint density at radius 3 is 2.62 bits per heavy atom. The van der Waals surface area contributed by atoms with E-state index in [9.17, 15) is 14.7 Å². The van der Waals surface area contributed by atoms with Crippen molar-refractivity contribution >= 4 is 5.91 Å². The maximum Gasteiger partial charge on any atom is 0.251 e. The number of hydrogen-bond acceptors (Lipinski definition) is 3. The SMILES string of the molecule is CC(=O)N1C[C@@H]2C[C@H](C1)c1cc(-c3ccc(O)c(C)c3C)cc(=O)n1C2. The quantitative estimate of drug-likeness (QED) is 0.858. The third-order valence-electron chi connectivity index (χ3n) is 6.07. The normalized spacial score (nSPS) is 21.4. The summed E-state index contributed by atoms with van der Waals surface area (Å²) >= 11 is 0. The van der Waals surface area contributed by atoms with Gasteiger partial charge in [0.1, 0.15) is 5.75 Å². The van der Waals surface area contributed by atoms with Crippen LogP contribution in [0.4, 0.5) is 0 Å². The summed E-state index contributed by atoms with van der Waals surface area (Å²) in [6.07, 6.45) is 1.03. The lowest BCUT2D eigenvalue weighted by Crippen LogP contribution is -2.48. The van der Waals surface area contributed by atoms with Crippen LogP contribution in [-0.4, -0.2) is 33.6 Å². The smallest absolute Gasteiger partial charge is 0.251 e. The molecule has 136 valence electrons. The van der Waals surface area contributed by atoms with Crippen LogP contribution in [0.15, 0.2) is 29.1 Å². The number of rotatable bonds is 1.